The van der Waals surface area contributed by atoms with Crippen molar-refractivity contribution in [2.45, 2.75) is 39.3 Å². The number of anilines is 2. The van der Waals surface area contributed by atoms with E-state index in [1.807, 2.05) is 13.8 Å². The van der Waals surface area contributed by atoms with Crippen molar-refractivity contribution in [3.8, 4) is 5.75 Å². The van der Waals surface area contributed by atoms with Crippen LogP contribution in [0.15, 0.2) is 47.3 Å². The predicted octanol–water partition coefficient (Wildman–Crippen LogP) is 4.71. The van der Waals surface area contributed by atoms with Crippen molar-refractivity contribution in [2.75, 3.05) is 5.32 Å². The molecule has 168 valence electrons. The van der Waals surface area contributed by atoms with Gasteiger partial charge in [0.2, 0.25) is 5.95 Å². The average molecular weight is 477 g/mol. The smallest absolute Gasteiger partial charge is 0.352 e. The maximum Gasteiger partial charge on any atom is 0.352 e. The van der Waals surface area contributed by atoms with E-state index < -0.39 is 17.6 Å². The Balaban J connectivity index is 2.02. The molecule has 0 saturated carbocycles. The molecular weight excluding hydrogens is 455 g/mol. The van der Waals surface area contributed by atoms with Gasteiger partial charge in [0.1, 0.15) is 11.7 Å². The molecule has 2 aromatic carbocycles. The number of carboxylic acids is 1. The molecule has 3 rings (SSSR count). The number of aromatic nitrogens is 3. The lowest BCUT2D eigenvalue weighted by atomic mass is 10.2. The summed E-state index contributed by atoms with van der Waals surface area (Å²) in [5.41, 5.74) is 0.704. The van der Waals surface area contributed by atoms with E-state index in [0.717, 1.165) is 5.56 Å². The molecule has 1 atom stereocenters. The van der Waals surface area contributed by atoms with Crippen LogP contribution in [0.1, 0.15) is 38.1 Å². The van der Waals surface area contributed by atoms with Gasteiger partial charge in [-0.1, -0.05) is 35.3 Å². The quantitative estimate of drug-likeness (QED) is 0.484. The van der Waals surface area contributed by atoms with E-state index in [1.54, 1.807) is 42.5 Å². The molecule has 32 heavy (non-hydrogen) atoms. The SMILES string of the molecule is CC(C)Oc1ccc(Nc2nc(C(C)C(=O)O)nc(=O)n2Cc2ccc(Cl)cc2)cc1Cl. The monoisotopic (exact) mass is 476 g/mol. The first kappa shape index (κ1) is 23.6. The first-order valence-electron chi connectivity index (χ1n) is 9.83. The van der Waals surface area contributed by atoms with Crippen LogP contribution in [0.3, 0.4) is 0 Å². The highest BCUT2D eigenvalue weighted by Crippen LogP contribution is 2.29. The maximum absolute atomic E-state index is 12.8. The number of rotatable bonds is 8. The highest BCUT2D eigenvalue weighted by molar-refractivity contribution is 6.32. The number of nitrogens with zero attached hydrogens (tertiary/aromatic N) is 3. The fourth-order valence-corrected chi connectivity index (χ4v) is 3.17. The Bertz CT molecular complexity index is 1180. The number of halogens is 2. The highest BCUT2D eigenvalue weighted by atomic mass is 35.5. The molecule has 0 aliphatic heterocycles. The van der Waals surface area contributed by atoms with Gasteiger partial charge in [0.05, 0.1) is 17.7 Å². The van der Waals surface area contributed by atoms with E-state index in [4.69, 9.17) is 27.9 Å². The van der Waals surface area contributed by atoms with Crippen molar-refractivity contribution in [3.05, 3.63) is 74.4 Å². The summed E-state index contributed by atoms with van der Waals surface area (Å²) >= 11 is 12.3. The van der Waals surface area contributed by atoms with Crippen LogP contribution >= 0.6 is 23.2 Å². The third-order valence-corrected chi connectivity index (χ3v) is 5.03. The molecule has 0 radical (unpaired) electrons. The van der Waals surface area contributed by atoms with E-state index in [1.165, 1.54) is 11.5 Å². The molecule has 2 N–H and O–H groups in total. The molecule has 8 nitrogen and oxygen atoms in total. The van der Waals surface area contributed by atoms with E-state index in [-0.39, 0.29) is 24.4 Å². The van der Waals surface area contributed by atoms with Crippen LogP contribution in [-0.4, -0.2) is 31.7 Å². The van der Waals surface area contributed by atoms with Gasteiger partial charge in [0.15, 0.2) is 5.82 Å². The maximum atomic E-state index is 12.8. The van der Waals surface area contributed by atoms with Gasteiger partial charge in [-0.3, -0.25) is 9.36 Å². The highest BCUT2D eigenvalue weighted by Gasteiger charge is 2.21. The van der Waals surface area contributed by atoms with Crippen LogP contribution in [0, 0.1) is 0 Å². The van der Waals surface area contributed by atoms with Crippen LogP contribution in [0.4, 0.5) is 11.6 Å². The van der Waals surface area contributed by atoms with Gasteiger partial charge in [0.25, 0.3) is 0 Å². The Morgan fingerprint density at radius 2 is 1.81 bits per heavy atom. The molecule has 0 bridgehead atoms. The summed E-state index contributed by atoms with van der Waals surface area (Å²) in [6.07, 6.45) is -0.0437. The Morgan fingerprint density at radius 3 is 2.41 bits per heavy atom. The molecule has 1 aromatic heterocycles. The second kappa shape index (κ2) is 10.0. The molecule has 0 saturated heterocycles. The van der Waals surface area contributed by atoms with Crippen molar-refractivity contribution in [2.24, 2.45) is 0 Å². The molecule has 0 aliphatic rings. The third kappa shape index (κ3) is 5.77. The van der Waals surface area contributed by atoms with E-state index >= 15 is 0 Å². The standard InChI is InChI=1S/C22H22Cl2N4O4/c1-12(2)32-18-9-8-16(10-17(18)24)25-21-26-19(13(3)20(29)30)27-22(31)28(21)11-14-4-6-15(23)7-5-14/h4-10,12-13H,11H2,1-3H3,(H,29,30)(H,25,26,27,31). The van der Waals surface area contributed by atoms with Gasteiger partial charge in [0, 0.05) is 10.7 Å². The van der Waals surface area contributed by atoms with Gasteiger partial charge in [-0.05, 0) is 56.7 Å². The second-order valence-corrected chi connectivity index (χ2v) is 8.24. The number of carbonyl (C=O) groups is 1. The van der Waals surface area contributed by atoms with Gasteiger partial charge in [-0.25, -0.2) is 4.79 Å². The van der Waals surface area contributed by atoms with Crippen molar-refractivity contribution < 1.29 is 14.6 Å². The summed E-state index contributed by atoms with van der Waals surface area (Å²) < 4.78 is 6.96. The summed E-state index contributed by atoms with van der Waals surface area (Å²) in [5.74, 6) is -1.63. The largest absolute Gasteiger partial charge is 0.489 e. The summed E-state index contributed by atoms with van der Waals surface area (Å²) in [5, 5.41) is 13.3. The molecule has 1 unspecified atom stereocenters. The minimum absolute atomic E-state index is 0.0437. The zero-order chi connectivity index (χ0) is 23.4. The number of hydrogen-bond donors (Lipinski definition) is 2. The zero-order valence-electron chi connectivity index (χ0n) is 17.7. The molecule has 0 aliphatic carbocycles. The van der Waals surface area contributed by atoms with Crippen LogP contribution < -0.4 is 15.7 Å². The zero-order valence-corrected chi connectivity index (χ0v) is 19.2. The summed E-state index contributed by atoms with van der Waals surface area (Å²) in [4.78, 5) is 32.4. The average Bonchev–Trinajstić information content (AvgIpc) is 2.72. The van der Waals surface area contributed by atoms with Crippen molar-refractivity contribution >= 4 is 40.8 Å². The van der Waals surface area contributed by atoms with Crippen LogP contribution in [0.5, 0.6) is 5.75 Å². The first-order valence-corrected chi connectivity index (χ1v) is 10.6. The minimum atomic E-state index is -1.14. The van der Waals surface area contributed by atoms with Crippen molar-refractivity contribution in [3.63, 3.8) is 0 Å². The second-order valence-electron chi connectivity index (χ2n) is 7.40. The molecule has 10 heteroatoms. The Hall–Kier alpha value is -3.10. The van der Waals surface area contributed by atoms with Gasteiger partial charge in [-0.15, -0.1) is 0 Å². The molecule has 0 fully saturated rings. The first-order chi connectivity index (χ1) is 15.1. The van der Waals surface area contributed by atoms with Crippen LogP contribution in [0.2, 0.25) is 10.0 Å². The normalized spacial score (nSPS) is 11.9. The summed E-state index contributed by atoms with van der Waals surface area (Å²) in [6, 6.07) is 12.0. The van der Waals surface area contributed by atoms with Crippen molar-refractivity contribution in [1.29, 1.82) is 0 Å². The summed E-state index contributed by atoms with van der Waals surface area (Å²) in [7, 11) is 0. The third-order valence-electron chi connectivity index (χ3n) is 4.48. The number of ether oxygens (including phenoxy) is 1. The summed E-state index contributed by atoms with van der Waals surface area (Å²) in [6.45, 7) is 5.36. The van der Waals surface area contributed by atoms with Gasteiger partial charge < -0.3 is 15.2 Å². The fourth-order valence-electron chi connectivity index (χ4n) is 2.81. The van der Waals surface area contributed by atoms with E-state index in [2.05, 4.69) is 15.3 Å². The van der Waals surface area contributed by atoms with E-state index in [9.17, 15) is 14.7 Å². The Kier molecular flexibility index (Phi) is 7.37. The number of aliphatic carboxylic acids is 1. The number of benzene rings is 2. The molecule has 0 spiro atoms. The number of nitrogens with one attached hydrogen (secondary N) is 1. The van der Waals surface area contributed by atoms with Crippen molar-refractivity contribution in [1.82, 2.24) is 14.5 Å². The van der Waals surface area contributed by atoms with Crippen LogP contribution in [-0.2, 0) is 11.3 Å². The molecule has 3 aromatic rings. The van der Waals surface area contributed by atoms with Gasteiger partial charge >= 0.3 is 11.7 Å². The number of hydrogen-bond acceptors (Lipinski definition) is 6. The molecule has 0 amide bonds. The predicted molar refractivity (Wildman–Crippen MR) is 123 cm³/mol. The Labute approximate surface area is 194 Å². The number of carboxylic acid groups (broad SMARTS) is 1. The topological polar surface area (TPSA) is 106 Å². The van der Waals surface area contributed by atoms with Crippen LogP contribution in [0.25, 0.3) is 0 Å². The fraction of sp³-hybridized carbons (Fsp3) is 0.273. The van der Waals surface area contributed by atoms with E-state index in [0.29, 0.717) is 21.5 Å². The molecule has 1 heterocycles. The lowest BCUT2D eigenvalue weighted by molar-refractivity contribution is -0.138. The van der Waals surface area contributed by atoms with Gasteiger partial charge in [-0.2, -0.15) is 9.97 Å². The Morgan fingerprint density at radius 1 is 1.12 bits per heavy atom. The lowest BCUT2D eigenvalue weighted by Gasteiger charge is -2.17. The lowest BCUT2D eigenvalue weighted by Crippen LogP contribution is -2.30. The minimum Gasteiger partial charge on any atom is -0.489 e. The molecular formula is C22H22Cl2N4O4.